The lowest BCUT2D eigenvalue weighted by atomic mass is 10.2. The van der Waals surface area contributed by atoms with Crippen LogP contribution < -0.4 is 0 Å². The van der Waals surface area contributed by atoms with E-state index in [-0.39, 0.29) is 0 Å². The zero-order valence-electron chi connectivity index (χ0n) is 8.81. The first-order valence-electron chi connectivity index (χ1n) is 4.64. The molecule has 2 aromatic heterocycles. The minimum absolute atomic E-state index is 0.683. The van der Waals surface area contributed by atoms with E-state index in [9.17, 15) is 0 Å². The number of aromatic nitrogens is 2. The molecule has 0 saturated heterocycles. The minimum atomic E-state index is 0.683. The van der Waals surface area contributed by atoms with Crippen LogP contribution in [0.4, 0.5) is 0 Å². The number of pyridine rings is 2. The van der Waals surface area contributed by atoms with Gasteiger partial charge in [-0.3, -0.25) is 9.97 Å². The second-order valence-electron chi connectivity index (χ2n) is 3.08. The molecule has 2 rings (SSSR count). The van der Waals surface area contributed by atoms with Crippen molar-refractivity contribution in [1.82, 2.24) is 9.97 Å². The Morgan fingerprint density at radius 3 is 2.13 bits per heavy atom. The topological polar surface area (TPSA) is 25.8 Å². The molecule has 3 heteroatoms. The summed E-state index contributed by atoms with van der Waals surface area (Å²) < 4.78 is 0. The van der Waals surface area contributed by atoms with Crippen molar-refractivity contribution in [2.45, 2.75) is 13.8 Å². The molecule has 0 bridgehead atoms. The minimum Gasteiger partial charge on any atom is -0.263 e. The van der Waals surface area contributed by atoms with Crippen LogP contribution in [-0.2, 0) is 0 Å². The molecule has 15 heavy (non-hydrogen) atoms. The molecule has 0 aliphatic rings. The van der Waals surface area contributed by atoms with Crippen molar-refractivity contribution in [2.75, 3.05) is 0 Å². The Bertz CT molecular complexity index is 380. The first-order valence-corrected chi connectivity index (χ1v) is 5.01. The van der Waals surface area contributed by atoms with Gasteiger partial charge in [0, 0.05) is 24.3 Å². The smallest absolute Gasteiger partial charge is 0.0589 e. The molecule has 78 valence electrons. The second kappa shape index (κ2) is 6.14. The van der Waals surface area contributed by atoms with Gasteiger partial charge in [0.25, 0.3) is 0 Å². The van der Waals surface area contributed by atoms with E-state index in [4.69, 9.17) is 11.6 Å². The van der Waals surface area contributed by atoms with Crippen LogP contribution >= 0.6 is 11.6 Å². The van der Waals surface area contributed by atoms with Crippen LogP contribution in [0.1, 0.15) is 11.3 Å². The van der Waals surface area contributed by atoms with Gasteiger partial charge in [0.2, 0.25) is 0 Å². The molecule has 0 aromatic carbocycles. The van der Waals surface area contributed by atoms with Crippen molar-refractivity contribution in [3.63, 3.8) is 0 Å². The molecule has 2 aromatic rings. The molecule has 0 N–H and O–H groups in total. The van der Waals surface area contributed by atoms with Gasteiger partial charge in [-0.1, -0.05) is 17.7 Å². The predicted octanol–water partition coefficient (Wildman–Crippen LogP) is 3.43. The standard InChI is InChI=1S/C7H9N.C5H4ClN/c1-6-4-3-5-8-7(6)2;6-5-2-1-3-7-4-5/h3-5H,1-2H3;1-4H. The van der Waals surface area contributed by atoms with Crippen LogP contribution in [0.5, 0.6) is 0 Å². The molecule has 0 radical (unpaired) electrons. The molecule has 0 spiro atoms. The molecule has 0 atom stereocenters. The first-order chi connectivity index (χ1) is 7.20. The molecule has 0 fully saturated rings. The number of hydrogen-bond acceptors (Lipinski definition) is 2. The van der Waals surface area contributed by atoms with E-state index >= 15 is 0 Å². The average Bonchev–Trinajstić information content (AvgIpc) is 2.25. The second-order valence-corrected chi connectivity index (χ2v) is 3.51. The first kappa shape index (κ1) is 11.7. The number of rotatable bonds is 0. The summed E-state index contributed by atoms with van der Waals surface area (Å²) in [5.74, 6) is 0. The summed E-state index contributed by atoms with van der Waals surface area (Å²) in [6, 6.07) is 7.58. The summed E-state index contributed by atoms with van der Waals surface area (Å²) in [5.41, 5.74) is 2.38. The predicted molar refractivity (Wildman–Crippen MR) is 63.0 cm³/mol. The Labute approximate surface area is 95.0 Å². The monoisotopic (exact) mass is 220 g/mol. The van der Waals surface area contributed by atoms with Gasteiger partial charge in [-0.2, -0.15) is 0 Å². The Morgan fingerprint density at radius 2 is 1.80 bits per heavy atom. The van der Waals surface area contributed by atoms with Crippen molar-refractivity contribution >= 4 is 11.6 Å². The molecule has 0 saturated carbocycles. The molecule has 0 unspecified atom stereocenters. The maximum absolute atomic E-state index is 5.48. The molecule has 0 aliphatic heterocycles. The third-order valence-corrected chi connectivity index (χ3v) is 2.12. The van der Waals surface area contributed by atoms with Crippen molar-refractivity contribution in [2.24, 2.45) is 0 Å². The zero-order valence-corrected chi connectivity index (χ0v) is 9.57. The molecule has 0 aliphatic carbocycles. The lowest BCUT2D eigenvalue weighted by molar-refractivity contribution is 1.15. The van der Waals surface area contributed by atoms with E-state index in [1.165, 1.54) is 5.56 Å². The highest BCUT2D eigenvalue weighted by atomic mass is 35.5. The summed E-state index contributed by atoms with van der Waals surface area (Å²) in [7, 11) is 0. The summed E-state index contributed by atoms with van der Waals surface area (Å²) in [4.78, 5) is 7.83. The summed E-state index contributed by atoms with van der Waals surface area (Å²) in [5, 5.41) is 0.683. The van der Waals surface area contributed by atoms with E-state index in [0.717, 1.165) is 5.69 Å². The fourth-order valence-corrected chi connectivity index (χ4v) is 1.04. The van der Waals surface area contributed by atoms with Crippen LogP contribution in [0.3, 0.4) is 0 Å². The van der Waals surface area contributed by atoms with E-state index in [0.29, 0.717) is 5.02 Å². The van der Waals surface area contributed by atoms with Crippen molar-refractivity contribution in [1.29, 1.82) is 0 Å². The van der Waals surface area contributed by atoms with Gasteiger partial charge in [-0.05, 0) is 37.6 Å². The number of hydrogen-bond donors (Lipinski definition) is 0. The fourth-order valence-electron chi connectivity index (χ4n) is 0.907. The van der Waals surface area contributed by atoms with Crippen LogP contribution in [0, 0.1) is 13.8 Å². The maximum Gasteiger partial charge on any atom is 0.0589 e. The van der Waals surface area contributed by atoms with Crippen LogP contribution in [0.25, 0.3) is 0 Å². The molecule has 2 heterocycles. The van der Waals surface area contributed by atoms with Gasteiger partial charge in [0.05, 0.1) is 5.02 Å². The highest BCUT2D eigenvalue weighted by molar-refractivity contribution is 6.30. The van der Waals surface area contributed by atoms with E-state index in [2.05, 4.69) is 23.0 Å². The summed E-state index contributed by atoms with van der Waals surface area (Å²) in [6.45, 7) is 4.07. The highest BCUT2D eigenvalue weighted by Gasteiger charge is 1.85. The van der Waals surface area contributed by atoms with Crippen LogP contribution in [-0.4, -0.2) is 9.97 Å². The van der Waals surface area contributed by atoms with E-state index in [1.54, 1.807) is 24.5 Å². The third-order valence-electron chi connectivity index (χ3n) is 1.90. The van der Waals surface area contributed by atoms with Gasteiger partial charge in [-0.25, -0.2) is 0 Å². The molecule has 0 amide bonds. The normalized spacial score (nSPS) is 9.00. The number of nitrogens with zero attached hydrogens (tertiary/aromatic N) is 2. The Kier molecular flexibility index (Phi) is 4.78. The fraction of sp³-hybridized carbons (Fsp3) is 0.167. The third kappa shape index (κ3) is 4.56. The van der Waals surface area contributed by atoms with E-state index in [1.807, 2.05) is 19.2 Å². The van der Waals surface area contributed by atoms with Gasteiger partial charge >= 0.3 is 0 Å². The van der Waals surface area contributed by atoms with Gasteiger partial charge in [0.15, 0.2) is 0 Å². The molecular weight excluding hydrogens is 208 g/mol. The van der Waals surface area contributed by atoms with Crippen LogP contribution in [0.2, 0.25) is 5.02 Å². The number of aryl methyl sites for hydroxylation is 2. The quantitative estimate of drug-likeness (QED) is 0.680. The Balaban J connectivity index is 0.000000151. The summed E-state index contributed by atoms with van der Waals surface area (Å²) in [6.07, 6.45) is 5.09. The zero-order chi connectivity index (χ0) is 11.1. The molecular formula is C12H13ClN2. The lowest BCUT2D eigenvalue weighted by Gasteiger charge is -1.92. The SMILES string of the molecule is Cc1cccnc1C.Clc1cccnc1. The summed E-state index contributed by atoms with van der Waals surface area (Å²) >= 11 is 5.48. The lowest BCUT2D eigenvalue weighted by Crippen LogP contribution is -1.81. The van der Waals surface area contributed by atoms with Gasteiger partial charge < -0.3 is 0 Å². The van der Waals surface area contributed by atoms with Crippen molar-refractivity contribution < 1.29 is 0 Å². The average molecular weight is 221 g/mol. The Morgan fingerprint density at radius 1 is 1.07 bits per heavy atom. The van der Waals surface area contributed by atoms with Crippen molar-refractivity contribution in [3.05, 3.63) is 59.1 Å². The highest BCUT2D eigenvalue weighted by Crippen LogP contribution is 2.01. The van der Waals surface area contributed by atoms with E-state index < -0.39 is 0 Å². The van der Waals surface area contributed by atoms with Crippen molar-refractivity contribution in [3.8, 4) is 0 Å². The van der Waals surface area contributed by atoms with Gasteiger partial charge in [0.1, 0.15) is 0 Å². The Hall–Kier alpha value is -1.41. The van der Waals surface area contributed by atoms with Gasteiger partial charge in [-0.15, -0.1) is 0 Å². The molecule has 2 nitrogen and oxygen atoms in total. The maximum atomic E-state index is 5.48. The van der Waals surface area contributed by atoms with Crippen LogP contribution in [0.15, 0.2) is 42.9 Å². The largest absolute Gasteiger partial charge is 0.263 e. The number of halogens is 1.